The van der Waals surface area contributed by atoms with Gasteiger partial charge in [0, 0.05) is 19.0 Å². The number of hydrogen-bond acceptors (Lipinski definition) is 4. The number of likely N-dealkylation sites (tertiary alicyclic amines) is 1. The number of urea groups is 1. The molecule has 1 rings (SSSR count). The molecule has 0 radical (unpaired) electrons. The van der Waals surface area contributed by atoms with Gasteiger partial charge in [-0.25, -0.2) is 4.79 Å². The fraction of sp³-hybridized carbons (Fsp3) is 0.750. The van der Waals surface area contributed by atoms with E-state index in [0.29, 0.717) is 13.1 Å². The Morgan fingerprint density at radius 1 is 1.44 bits per heavy atom. The molecule has 1 saturated heterocycles. The first-order valence-corrected chi connectivity index (χ1v) is 6.41. The fourth-order valence-electron chi connectivity index (χ4n) is 2.00. The molecule has 1 unspecified atom stereocenters. The van der Waals surface area contributed by atoms with Gasteiger partial charge in [-0.15, -0.1) is 0 Å². The molecule has 18 heavy (non-hydrogen) atoms. The average Bonchev–Trinajstić information content (AvgIpc) is 2.36. The zero-order chi connectivity index (χ0) is 13.4. The van der Waals surface area contributed by atoms with E-state index < -0.39 is 6.03 Å². The van der Waals surface area contributed by atoms with Gasteiger partial charge in [0.1, 0.15) is 6.29 Å². The highest BCUT2D eigenvalue weighted by molar-refractivity contribution is 5.95. The van der Waals surface area contributed by atoms with Crippen molar-refractivity contribution in [2.45, 2.75) is 26.2 Å². The van der Waals surface area contributed by atoms with Crippen LogP contribution in [0.5, 0.6) is 0 Å². The van der Waals surface area contributed by atoms with Gasteiger partial charge in [0.25, 0.3) is 0 Å². The van der Waals surface area contributed by atoms with Gasteiger partial charge in [-0.1, -0.05) is 6.92 Å². The van der Waals surface area contributed by atoms with E-state index in [4.69, 9.17) is 0 Å². The summed E-state index contributed by atoms with van der Waals surface area (Å²) in [5.74, 6) is -0.310. The topological polar surface area (TPSA) is 78.5 Å². The van der Waals surface area contributed by atoms with Crippen LogP contribution in [0.3, 0.4) is 0 Å². The molecular formula is C12H21N3O3. The Bertz CT molecular complexity index is 307. The smallest absolute Gasteiger partial charge is 0.321 e. The lowest BCUT2D eigenvalue weighted by Crippen LogP contribution is -2.47. The van der Waals surface area contributed by atoms with Crippen LogP contribution in [-0.2, 0) is 9.59 Å². The van der Waals surface area contributed by atoms with Crippen LogP contribution in [0.2, 0.25) is 0 Å². The first-order chi connectivity index (χ1) is 8.65. The van der Waals surface area contributed by atoms with E-state index in [-0.39, 0.29) is 18.4 Å². The summed E-state index contributed by atoms with van der Waals surface area (Å²) in [5, 5.41) is 4.85. The van der Waals surface area contributed by atoms with Crippen molar-refractivity contribution in [3.63, 3.8) is 0 Å². The fourth-order valence-corrected chi connectivity index (χ4v) is 2.00. The maximum Gasteiger partial charge on any atom is 0.321 e. The Morgan fingerprint density at radius 3 is 2.89 bits per heavy atom. The summed E-state index contributed by atoms with van der Waals surface area (Å²) < 4.78 is 0. The van der Waals surface area contributed by atoms with Crippen molar-refractivity contribution in [3.8, 4) is 0 Å². The van der Waals surface area contributed by atoms with Gasteiger partial charge in [0.15, 0.2) is 0 Å². The van der Waals surface area contributed by atoms with Crippen LogP contribution >= 0.6 is 0 Å². The van der Waals surface area contributed by atoms with Gasteiger partial charge in [-0.3, -0.25) is 15.0 Å². The second kappa shape index (κ2) is 7.81. The van der Waals surface area contributed by atoms with Crippen molar-refractivity contribution in [1.82, 2.24) is 15.5 Å². The largest absolute Gasteiger partial charge is 0.338 e. The maximum atomic E-state index is 11.6. The van der Waals surface area contributed by atoms with Crippen molar-refractivity contribution >= 4 is 18.2 Å². The summed E-state index contributed by atoms with van der Waals surface area (Å²) in [6.45, 7) is 4.07. The van der Waals surface area contributed by atoms with E-state index in [1.165, 1.54) is 0 Å². The van der Waals surface area contributed by atoms with E-state index in [1.807, 2.05) is 11.8 Å². The first-order valence-electron chi connectivity index (χ1n) is 6.41. The molecule has 0 bridgehead atoms. The SMILES string of the molecule is CCCNC(=O)NC(=O)CN1CCCC(C=O)C1. The highest BCUT2D eigenvalue weighted by Crippen LogP contribution is 2.13. The van der Waals surface area contributed by atoms with Crippen molar-refractivity contribution in [2.75, 3.05) is 26.2 Å². The first kappa shape index (κ1) is 14.6. The van der Waals surface area contributed by atoms with E-state index >= 15 is 0 Å². The van der Waals surface area contributed by atoms with E-state index in [2.05, 4.69) is 10.6 Å². The zero-order valence-corrected chi connectivity index (χ0v) is 10.8. The van der Waals surface area contributed by atoms with Crippen molar-refractivity contribution in [2.24, 2.45) is 5.92 Å². The average molecular weight is 255 g/mol. The minimum atomic E-state index is -0.453. The van der Waals surface area contributed by atoms with Gasteiger partial charge in [-0.05, 0) is 25.8 Å². The van der Waals surface area contributed by atoms with Crippen LogP contribution in [0.1, 0.15) is 26.2 Å². The summed E-state index contributed by atoms with van der Waals surface area (Å²) in [5.41, 5.74) is 0. The monoisotopic (exact) mass is 255 g/mol. The molecule has 0 aliphatic carbocycles. The molecular weight excluding hydrogens is 234 g/mol. The highest BCUT2D eigenvalue weighted by Gasteiger charge is 2.21. The summed E-state index contributed by atoms with van der Waals surface area (Å²) in [7, 11) is 0. The number of aldehydes is 1. The number of carbonyl (C=O) groups excluding carboxylic acids is 3. The molecule has 1 aliphatic rings. The number of nitrogens with one attached hydrogen (secondary N) is 2. The summed E-state index contributed by atoms with van der Waals surface area (Å²) in [6, 6.07) is -0.453. The van der Waals surface area contributed by atoms with Crippen LogP contribution in [0.15, 0.2) is 0 Å². The molecule has 1 heterocycles. The number of carbonyl (C=O) groups is 3. The number of hydrogen-bond donors (Lipinski definition) is 2. The van der Waals surface area contributed by atoms with Crippen molar-refractivity contribution in [1.29, 1.82) is 0 Å². The second-order valence-corrected chi connectivity index (χ2v) is 4.58. The van der Waals surface area contributed by atoms with Gasteiger partial charge in [0.2, 0.25) is 5.91 Å². The van der Waals surface area contributed by atoms with Crippen LogP contribution in [0.4, 0.5) is 4.79 Å². The third kappa shape index (κ3) is 5.27. The number of piperidine rings is 1. The van der Waals surface area contributed by atoms with Crippen molar-refractivity contribution < 1.29 is 14.4 Å². The molecule has 6 heteroatoms. The molecule has 1 atom stereocenters. The predicted molar refractivity (Wildman–Crippen MR) is 67.1 cm³/mol. The van der Waals surface area contributed by atoms with Crippen LogP contribution in [0.25, 0.3) is 0 Å². The summed E-state index contributed by atoms with van der Waals surface area (Å²) >= 11 is 0. The Kier molecular flexibility index (Phi) is 6.35. The molecule has 0 spiro atoms. The minimum Gasteiger partial charge on any atom is -0.338 e. The van der Waals surface area contributed by atoms with E-state index in [9.17, 15) is 14.4 Å². The number of imide groups is 1. The highest BCUT2D eigenvalue weighted by atomic mass is 16.2. The number of amides is 3. The lowest BCUT2D eigenvalue weighted by molar-refractivity contribution is -0.122. The maximum absolute atomic E-state index is 11.6. The standard InChI is InChI=1S/C12H21N3O3/c1-2-5-13-12(18)14-11(17)8-15-6-3-4-10(7-15)9-16/h9-10H,2-8H2,1H3,(H2,13,14,17,18). The van der Waals surface area contributed by atoms with Crippen LogP contribution in [-0.4, -0.2) is 49.3 Å². The van der Waals surface area contributed by atoms with Gasteiger partial charge < -0.3 is 10.1 Å². The second-order valence-electron chi connectivity index (χ2n) is 4.58. The van der Waals surface area contributed by atoms with Gasteiger partial charge in [0.05, 0.1) is 6.54 Å². The van der Waals surface area contributed by atoms with E-state index in [1.54, 1.807) is 0 Å². The third-order valence-corrected chi connectivity index (χ3v) is 2.89. The molecule has 2 N–H and O–H groups in total. The molecule has 6 nitrogen and oxygen atoms in total. The molecule has 3 amide bonds. The van der Waals surface area contributed by atoms with Gasteiger partial charge in [-0.2, -0.15) is 0 Å². The molecule has 102 valence electrons. The lowest BCUT2D eigenvalue weighted by atomic mass is 10.00. The predicted octanol–water partition coefficient (Wildman–Crippen LogP) is 0.133. The number of nitrogens with zero attached hydrogens (tertiary/aromatic N) is 1. The van der Waals surface area contributed by atoms with E-state index in [0.717, 1.165) is 32.1 Å². The molecule has 1 fully saturated rings. The number of rotatable bonds is 5. The third-order valence-electron chi connectivity index (χ3n) is 2.89. The Balaban J connectivity index is 2.26. The molecule has 0 aromatic carbocycles. The lowest BCUT2D eigenvalue weighted by Gasteiger charge is -2.29. The minimum absolute atomic E-state index is 0.0143. The van der Waals surface area contributed by atoms with Crippen molar-refractivity contribution in [3.05, 3.63) is 0 Å². The van der Waals surface area contributed by atoms with Gasteiger partial charge >= 0.3 is 6.03 Å². The summed E-state index contributed by atoms with van der Waals surface area (Å²) in [4.78, 5) is 35.4. The molecule has 1 aliphatic heterocycles. The quantitative estimate of drug-likeness (QED) is 0.685. The zero-order valence-electron chi connectivity index (χ0n) is 10.8. The van der Waals surface area contributed by atoms with Crippen LogP contribution < -0.4 is 10.6 Å². The Morgan fingerprint density at radius 2 is 2.22 bits per heavy atom. The van der Waals surface area contributed by atoms with Crippen LogP contribution in [0, 0.1) is 5.92 Å². The molecule has 0 saturated carbocycles. The Hall–Kier alpha value is -1.43. The Labute approximate surface area is 107 Å². The normalized spacial score (nSPS) is 20.2. The summed E-state index contributed by atoms with van der Waals surface area (Å²) in [6.07, 6.45) is 3.57. The molecule has 0 aromatic rings. The molecule has 0 aromatic heterocycles.